The van der Waals surface area contributed by atoms with Crippen LogP contribution in [0.25, 0.3) is 0 Å². The van der Waals surface area contributed by atoms with E-state index in [0.717, 1.165) is 6.04 Å². The van der Waals surface area contributed by atoms with Gasteiger partial charge in [-0.2, -0.15) is 36.4 Å². The zero-order valence-corrected chi connectivity index (χ0v) is 15.4. The van der Waals surface area contributed by atoms with Gasteiger partial charge in [0.2, 0.25) is 0 Å². The van der Waals surface area contributed by atoms with Crippen LogP contribution in [0.15, 0.2) is 60.7 Å². The molecule has 0 amide bonds. The van der Waals surface area contributed by atoms with E-state index < -0.39 is 0 Å². The van der Waals surface area contributed by atoms with E-state index in [-0.39, 0.29) is 30.2 Å². The van der Waals surface area contributed by atoms with Crippen LogP contribution in [0, 0.1) is 0 Å². The zero-order valence-electron chi connectivity index (χ0n) is 10.4. The quantitative estimate of drug-likeness (QED) is 0.434. The number of hydrogen-bond acceptors (Lipinski definition) is 1. The second-order valence-electron chi connectivity index (χ2n) is 3.18. The molecule has 0 unspecified atom stereocenters. The predicted molar refractivity (Wildman–Crippen MR) is 67.6 cm³/mol. The summed E-state index contributed by atoms with van der Waals surface area (Å²) in [6.07, 6.45) is 0. The van der Waals surface area contributed by atoms with Crippen LogP contribution in [-0.4, -0.2) is 17.1 Å². The Labute approximate surface area is 138 Å². The fraction of sp³-hybridized carbons (Fsp3) is 0.231. The molecule has 2 rings (SSSR count). The maximum absolute atomic E-state index is 8.28. The Kier molecular flexibility index (Phi) is 25.6. The SMILES string of the molecule is C[Si](=[Zr+2])CCO.[Cl-].[Cl-].c1cc[cH-]c1.c1cc[cH-]c1. The maximum atomic E-state index is 8.28. The van der Waals surface area contributed by atoms with Crippen molar-refractivity contribution in [2.75, 3.05) is 6.61 Å². The van der Waals surface area contributed by atoms with Crippen LogP contribution in [0.1, 0.15) is 0 Å². The van der Waals surface area contributed by atoms with Crippen molar-refractivity contribution in [1.82, 2.24) is 0 Å². The van der Waals surface area contributed by atoms with Crippen molar-refractivity contribution >= 4 is 5.43 Å². The molecule has 0 heterocycles. The summed E-state index contributed by atoms with van der Waals surface area (Å²) in [5, 5.41) is 8.28. The minimum absolute atomic E-state index is 0. The number of aliphatic hydroxyl groups is 1. The molecule has 1 N–H and O–H groups in total. The molecular weight excluding hydrogens is 362 g/mol. The third-order valence-electron chi connectivity index (χ3n) is 1.60. The van der Waals surface area contributed by atoms with E-state index in [0.29, 0.717) is 6.61 Å². The molecule has 1 nitrogen and oxygen atoms in total. The van der Waals surface area contributed by atoms with Crippen LogP contribution in [0.3, 0.4) is 0 Å². The van der Waals surface area contributed by atoms with Crippen molar-refractivity contribution in [2.45, 2.75) is 12.6 Å². The summed E-state index contributed by atoms with van der Waals surface area (Å²) in [6, 6.07) is 21.1. The molecule has 0 spiro atoms. The summed E-state index contributed by atoms with van der Waals surface area (Å²) >= 11 is 1.63. The van der Waals surface area contributed by atoms with Gasteiger partial charge in [0, 0.05) is 0 Å². The van der Waals surface area contributed by atoms with E-state index in [1.165, 1.54) is 0 Å². The standard InChI is InChI=1S/2C5H5.C3H8OSi.2ClH.Zr/c2*1-2-4-5-3-1;1-5-3-2-4;;;/h2*1-5H;4H,2-3H2,1H3;2*1H;/q2*-1;;;;+2/p-2. The van der Waals surface area contributed by atoms with Gasteiger partial charge in [0.25, 0.3) is 0 Å². The van der Waals surface area contributed by atoms with Gasteiger partial charge in [0.1, 0.15) is 0 Å². The average Bonchev–Trinajstić information content (AvgIpc) is 2.98. The Bertz CT molecular complexity index is 262. The van der Waals surface area contributed by atoms with Gasteiger partial charge in [0.05, 0.1) is 0 Å². The van der Waals surface area contributed by atoms with Gasteiger partial charge in [-0.05, 0) is 0 Å². The van der Waals surface area contributed by atoms with Crippen LogP contribution in [-0.2, 0) is 23.3 Å². The molecule has 0 fully saturated rings. The van der Waals surface area contributed by atoms with Gasteiger partial charge in [-0.1, -0.05) is 0 Å². The van der Waals surface area contributed by atoms with Crippen LogP contribution < -0.4 is 24.8 Å². The Morgan fingerprint density at radius 2 is 1.28 bits per heavy atom. The minimum atomic E-state index is -0.0455. The molecule has 0 radical (unpaired) electrons. The molecule has 2 aromatic rings. The van der Waals surface area contributed by atoms with Gasteiger partial charge in [-0.25, -0.2) is 24.3 Å². The van der Waals surface area contributed by atoms with Crippen molar-refractivity contribution in [2.24, 2.45) is 0 Å². The molecule has 5 heteroatoms. The topological polar surface area (TPSA) is 20.2 Å². The van der Waals surface area contributed by atoms with Gasteiger partial charge in [0.15, 0.2) is 0 Å². The summed E-state index contributed by atoms with van der Waals surface area (Å²) in [5.41, 5.74) is -0.0455. The van der Waals surface area contributed by atoms with Gasteiger partial charge >= 0.3 is 53.1 Å². The van der Waals surface area contributed by atoms with E-state index in [9.17, 15) is 0 Å². The molecule has 100 valence electrons. The molecule has 18 heavy (non-hydrogen) atoms. The fourth-order valence-electron chi connectivity index (χ4n) is 0.809. The zero-order chi connectivity index (χ0) is 12.1. The first-order valence-corrected chi connectivity index (χ1v) is 11.1. The van der Waals surface area contributed by atoms with E-state index >= 15 is 0 Å². The van der Waals surface area contributed by atoms with Crippen molar-refractivity contribution in [1.29, 1.82) is 0 Å². The largest absolute Gasteiger partial charge is 1.00 e. The molecule has 0 saturated carbocycles. The Balaban J connectivity index is -0.000000178. The second kappa shape index (κ2) is 19.7. The van der Waals surface area contributed by atoms with Crippen molar-refractivity contribution < 1.29 is 53.3 Å². The summed E-state index contributed by atoms with van der Waals surface area (Å²) in [6.45, 7) is 2.63. The second-order valence-corrected chi connectivity index (χ2v) is 11.5. The monoisotopic (exact) mass is 378 g/mol. The molecular formula is C13H18Cl2OSiZr-2. The fourth-order valence-corrected chi connectivity index (χ4v) is 1.97. The molecule has 0 aromatic heterocycles. The van der Waals surface area contributed by atoms with Crippen LogP contribution in [0.5, 0.6) is 0 Å². The first-order chi connectivity index (χ1) is 7.77. The van der Waals surface area contributed by atoms with Crippen LogP contribution >= 0.6 is 0 Å². The molecule has 0 bridgehead atoms. The molecule has 0 atom stereocenters. The van der Waals surface area contributed by atoms with E-state index in [4.69, 9.17) is 5.11 Å². The first-order valence-electron chi connectivity index (χ1n) is 5.25. The number of halogens is 2. The summed E-state index contributed by atoms with van der Waals surface area (Å²) in [7, 11) is 0. The van der Waals surface area contributed by atoms with Gasteiger partial charge < -0.3 is 24.8 Å². The first kappa shape index (κ1) is 23.4. The number of hydrogen-bond donors (Lipinski definition) is 1. The maximum Gasteiger partial charge on any atom is -0.172 e. The molecule has 0 saturated heterocycles. The smallest absolute Gasteiger partial charge is 0.172 e. The molecule has 0 aliphatic carbocycles. The third kappa shape index (κ3) is 21.6. The Morgan fingerprint density at radius 1 is 0.944 bits per heavy atom. The van der Waals surface area contributed by atoms with Gasteiger partial charge in [-0.15, -0.1) is 0 Å². The molecule has 0 aliphatic heterocycles. The van der Waals surface area contributed by atoms with Crippen molar-refractivity contribution in [3.05, 3.63) is 60.7 Å². The number of aliphatic hydroxyl groups excluding tert-OH is 1. The van der Waals surface area contributed by atoms with Crippen LogP contribution in [0.2, 0.25) is 12.6 Å². The number of rotatable bonds is 2. The molecule has 2 aromatic carbocycles. The van der Waals surface area contributed by atoms with Crippen molar-refractivity contribution in [3.8, 4) is 0 Å². The summed E-state index contributed by atoms with van der Waals surface area (Å²) in [5.74, 6) is 0. The third-order valence-corrected chi connectivity index (χ3v) is 4.42. The van der Waals surface area contributed by atoms with E-state index in [2.05, 4.69) is 6.55 Å². The van der Waals surface area contributed by atoms with Crippen molar-refractivity contribution in [3.63, 3.8) is 0 Å². The Hall–Kier alpha value is 0.340. The van der Waals surface area contributed by atoms with Crippen LogP contribution in [0.4, 0.5) is 0 Å². The summed E-state index contributed by atoms with van der Waals surface area (Å²) in [4.78, 5) is 0. The van der Waals surface area contributed by atoms with Gasteiger partial charge in [-0.3, -0.25) is 0 Å². The normalized spacial score (nSPS) is 7.33. The minimum Gasteiger partial charge on any atom is -1.00 e. The van der Waals surface area contributed by atoms with E-state index in [1.807, 2.05) is 60.7 Å². The summed E-state index contributed by atoms with van der Waals surface area (Å²) < 4.78 is 0. The average molecular weight is 381 g/mol. The van der Waals surface area contributed by atoms with E-state index in [1.54, 1.807) is 23.3 Å². The molecule has 0 aliphatic rings. The Morgan fingerprint density at radius 3 is 1.33 bits per heavy atom. The predicted octanol–water partition coefficient (Wildman–Crippen LogP) is -3.03.